The largest absolute Gasteiger partial charge is 0.502 e. The Labute approximate surface area is 308 Å². The summed E-state index contributed by atoms with van der Waals surface area (Å²) in [6.07, 6.45) is -5.07. The van der Waals surface area contributed by atoms with Gasteiger partial charge in [-0.1, -0.05) is 0 Å². The molecule has 0 spiro atoms. The first kappa shape index (κ1) is 44.5. The molecule has 3 rings (SSSR count). The maximum absolute atomic E-state index is 12.2. The van der Waals surface area contributed by atoms with Gasteiger partial charge in [0.1, 0.15) is 43.7 Å². The van der Waals surface area contributed by atoms with Crippen LogP contribution in [-0.4, -0.2) is 193 Å². The lowest BCUT2D eigenvalue weighted by atomic mass is 9.98. The molecule has 0 aromatic heterocycles. The minimum atomic E-state index is -1.21. The number of rotatable bonds is 26. The number of aliphatic hydroxyl groups excluding tert-OH is 4. The van der Waals surface area contributed by atoms with Crippen LogP contribution in [0, 0.1) is 0 Å². The quantitative estimate of drug-likeness (QED) is 0.0449. The number of hydrogen-bond acceptors (Lipinski definition) is 18. The second kappa shape index (κ2) is 25.2. The van der Waals surface area contributed by atoms with Gasteiger partial charge in [-0.25, -0.2) is 4.79 Å². The summed E-state index contributed by atoms with van der Waals surface area (Å²) in [6, 6.07) is 1.98. The van der Waals surface area contributed by atoms with Gasteiger partial charge in [-0.05, 0) is 18.6 Å². The zero-order chi connectivity index (χ0) is 38.4. The first-order valence-electron chi connectivity index (χ1n) is 17.5. The number of aromatic hydroxyl groups is 1. The third-order valence-electron chi connectivity index (χ3n) is 8.03. The summed E-state index contributed by atoms with van der Waals surface area (Å²) in [4.78, 5) is 23.4. The van der Waals surface area contributed by atoms with Crippen molar-refractivity contribution in [3.05, 3.63) is 17.7 Å². The number of aliphatic hydroxyl groups is 4. The maximum Gasteiger partial charge on any atom is 0.338 e. The molecule has 0 saturated carbocycles. The average molecular weight is 766 g/mol. The minimum Gasteiger partial charge on any atom is -0.502 e. The number of carbonyl (C=O) groups excluding carboxylic acids is 2. The van der Waals surface area contributed by atoms with Gasteiger partial charge in [-0.15, -0.1) is 0 Å². The summed E-state index contributed by atoms with van der Waals surface area (Å²) in [5.74, 6) is -1.28. The van der Waals surface area contributed by atoms with E-state index < -0.39 is 48.6 Å². The molecule has 2 fully saturated rings. The number of nitrogens with one attached hydrogen (secondary N) is 1. The van der Waals surface area contributed by atoms with E-state index in [1.807, 2.05) is 0 Å². The van der Waals surface area contributed by atoms with Crippen LogP contribution in [0.3, 0.4) is 0 Å². The van der Waals surface area contributed by atoms with Crippen LogP contribution < -0.4 is 14.8 Å². The summed E-state index contributed by atoms with van der Waals surface area (Å²) in [7, 11) is 1.23. The predicted molar refractivity (Wildman–Crippen MR) is 181 cm³/mol. The van der Waals surface area contributed by atoms with Crippen LogP contribution in [0.2, 0.25) is 0 Å². The Morgan fingerprint density at radius 2 is 1.17 bits per heavy atom. The molecule has 6 N–H and O–H groups in total. The zero-order valence-electron chi connectivity index (χ0n) is 30.3. The zero-order valence-corrected chi connectivity index (χ0v) is 30.3. The number of amides is 1. The summed E-state index contributed by atoms with van der Waals surface area (Å²) >= 11 is 0. The molecule has 0 bridgehead atoms. The fourth-order valence-corrected chi connectivity index (χ4v) is 5.16. The molecular formula is C34H55NO18. The van der Waals surface area contributed by atoms with Gasteiger partial charge >= 0.3 is 5.97 Å². The molecule has 2 saturated heterocycles. The Morgan fingerprint density at radius 3 is 1.66 bits per heavy atom. The number of carbonyl (C=O) groups is 2. The van der Waals surface area contributed by atoms with Crippen LogP contribution in [0.1, 0.15) is 23.7 Å². The Balaban J connectivity index is 1.22. The van der Waals surface area contributed by atoms with Crippen molar-refractivity contribution < 1.29 is 87.2 Å². The number of phenolic OH excluding ortho intramolecular Hbond substituents is 1. The highest BCUT2D eigenvalue weighted by Gasteiger charge is 2.39. The molecule has 19 nitrogen and oxygen atoms in total. The van der Waals surface area contributed by atoms with Crippen molar-refractivity contribution in [2.75, 3.05) is 113 Å². The molecule has 2 aliphatic heterocycles. The lowest BCUT2D eigenvalue weighted by Gasteiger charge is -2.37. The molecule has 1 aromatic carbocycles. The molecule has 7 atom stereocenters. The van der Waals surface area contributed by atoms with Crippen LogP contribution in [0.25, 0.3) is 0 Å². The summed E-state index contributed by atoms with van der Waals surface area (Å²) in [5.41, 5.74) is 0.110. The van der Waals surface area contributed by atoms with E-state index in [-0.39, 0.29) is 115 Å². The van der Waals surface area contributed by atoms with Gasteiger partial charge in [-0.3, -0.25) is 4.79 Å². The molecule has 0 aliphatic carbocycles. The van der Waals surface area contributed by atoms with E-state index in [0.717, 1.165) is 0 Å². The third kappa shape index (κ3) is 16.1. The topological polar surface area (TPSA) is 249 Å². The molecule has 304 valence electrons. The van der Waals surface area contributed by atoms with Crippen LogP contribution in [0.15, 0.2) is 12.1 Å². The van der Waals surface area contributed by atoms with Gasteiger partial charge < -0.3 is 83.0 Å². The van der Waals surface area contributed by atoms with Gasteiger partial charge in [-0.2, -0.15) is 0 Å². The van der Waals surface area contributed by atoms with Gasteiger partial charge in [0.2, 0.25) is 11.7 Å². The number of hydrogen-bond donors (Lipinski definition) is 6. The van der Waals surface area contributed by atoms with E-state index in [4.69, 9.17) is 52.1 Å². The van der Waals surface area contributed by atoms with Crippen molar-refractivity contribution in [3.8, 4) is 17.2 Å². The Bertz CT molecular complexity index is 1190. The molecule has 53 heavy (non-hydrogen) atoms. The Morgan fingerprint density at radius 1 is 0.698 bits per heavy atom. The van der Waals surface area contributed by atoms with Gasteiger partial charge in [0, 0.05) is 13.5 Å². The molecule has 1 amide bonds. The van der Waals surface area contributed by atoms with Crippen LogP contribution >= 0.6 is 0 Å². The predicted octanol–water partition coefficient (Wildman–Crippen LogP) is -1.83. The maximum atomic E-state index is 12.2. The lowest BCUT2D eigenvalue weighted by Crippen LogP contribution is -2.59. The van der Waals surface area contributed by atoms with E-state index in [1.165, 1.54) is 26.2 Å². The second-order valence-electron chi connectivity index (χ2n) is 12.0. The van der Waals surface area contributed by atoms with E-state index in [0.29, 0.717) is 26.2 Å². The molecule has 1 aromatic rings. The smallest absolute Gasteiger partial charge is 0.338 e. The molecule has 0 radical (unpaired) electrons. The fourth-order valence-electron chi connectivity index (χ4n) is 5.16. The molecular weight excluding hydrogens is 710 g/mol. The summed E-state index contributed by atoms with van der Waals surface area (Å²) < 4.78 is 59.8. The first-order valence-corrected chi connectivity index (χ1v) is 17.5. The van der Waals surface area contributed by atoms with Crippen LogP contribution in [-0.2, 0) is 47.4 Å². The summed E-state index contributed by atoms with van der Waals surface area (Å²) in [6.45, 7) is 4.52. The number of esters is 1. The van der Waals surface area contributed by atoms with E-state index in [2.05, 4.69) is 5.32 Å². The minimum absolute atomic E-state index is 0.00221. The Hall–Kier alpha value is -2.92. The molecule has 2 unspecified atom stereocenters. The first-order chi connectivity index (χ1) is 25.6. The van der Waals surface area contributed by atoms with Gasteiger partial charge in [0.15, 0.2) is 11.5 Å². The van der Waals surface area contributed by atoms with Crippen molar-refractivity contribution in [2.24, 2.45) is 0 Å². The SMILES string of the molecule is COC(=O)c1cc(OCCOCCOCCOCC2OC[C@H](NC(C)=O)[C@@H](O)[C@H]2O)c(O)c(OCCOCCOCCOC[C@H]2OCCC(O)[C@H]2O)c1. The van der Waals surface area contributed by atoms with E-state index in [1.54, 1.807) is 0 Å². The number of methoxy groups -OCH3 is 1. The number of benzene rings is 1. The van der Waals surface area contributed by atoms with Crippen molar-refractivity contribution in [1.82, 2.24) is 5.32 Å². The number of ether oxygens (including phenoxy) is 11. The number of phenols is 1. The molecule has 2 aliphatic rings. The Kier molecular flexibility index (Phi) is 21.2. The monoisotopic (exact) mass is 765 g/mol. The standard InChI is InChI=1S/C34H55NO18/c1-22(36)35-24-19-53-29(33(41)30(24)38)21-49-12-10-45-6-8-47-14-16-52-27-18-23(34(42)43-2)17-26(32(27)40)51-15-13-46-7-5-44-9-11-48-20-28-31(39)25(37)3-4-50-28/h17-18,24-25,28-31,33,37-41H,3-16,19-21H2,1-2H3,(H,35,36)/t24-,25?,28+,29?,30+,31+,33-/m0/s1. The van der Waals surface area contributed by atoms with Crippen molar-refractivity contribution in [1.29, 1.82) is 0 Å². The van der Waals surface area contributed by atoms with E-state index >= 15 is 0 Å². The summed E-state index contributed by atoms with van der Waals surface area (Å²) in [5, 5.41) is 53.2. The van der Waals surface area contributed by atoms with Crippen molar-refractivity contribution in [3.63, 3.8) is 0 Å². The van der Waals surface area contributed by atoms with Gasteiger partial charge in [0.25, 0.3) is 0 Å². The van der Waals surface area contributed by atoms with Crippen LogP contribution in [0.4, 0.5) is 0 Å². The average Bonchev–Trinajstić information content (AvgIpc) is 3.14. The highest BCUT2D eigenvalue weighted by atomic mass is 16.6. The molecule has 2 heterocycles. The molecule has 19 heteroatoms. The second-order valence-corrected chi connectivity index (χ2v) is 12.0. The van der Waals surface area contributed by atoms with Gasteiger partial charge in [0.05, 0.1) is 111 Å². The lowest BCUT2D eigenvalue weighted by molar-refractivity contribution is -0.171. The van der Waals surface area contributed by atoms with Crippen molar-refractivity contribution >= 4 is 11.9 Å². The van der Waals surface area contributed by atoms with Crippen molar-refractivity contribution in [2.45, 2.75) is 56.0 Å². The highest BCUT2D eigenvalue weighted by molar-refractivity contribution is 5.91. The van der Waals surface area contributed by atoms with E-state index in [9.17, 15) is 35.1 Å². The fraction of sp³-hybridized carbons (Fsp3) is 0.765. The van der Waals surface area contributed by atoms with Crippen LogP contribution in [0.5, 0.6) is 17.2 Å². The highest BCUT2D eigenvalue weighted by Crippen LogP contribution is 2.38. The normalized spacial score (nSPS) is 24.5. The third-order valence-corrected chi connectivity index (χ3v) is 8.03.